The molecule has 256 valence electrons. The quantitative estimate of drug-likeness (QED) is 0.221. The van der Waals surface area contributed by atoms with Crippen molar-refractivity contribution in [3.63, 3.8) is 0 Å². The number of hydrogen-bond donors (Lipinski definition) is 1. The van der Waals surface area contributed by atoms with E-state index in [9.17, 15) is 24.3 Å². The third kappa shape index (κ3) is 5.81. The average Bonchev–Trinajstić information content (AvgIpc) is 3.84. The van der Waals surface area contributed by atoms with E-state index in [2.05, 4.69) is 27.7 Å². The van der Waals surface area contributed by atoms with Crippen molar-refractivity contribution in [3.05, 3.63) is 0 Å². The van der Waals surface area contributed by atoms with E-state index in [0.29, 0.717) is 96.6 Å². The molecule has 0 radical (unpaired) electrons. The molecule has 7 aliphatic rings. The molecule has 7 fully saturated rings. The van der Waals surface area contributed by atoms with Gasteiger partial charge in [0.05, 0.1) is 18.4 Å². The summed E-state index contributed by atoms with van der Waals surface area (Å²) in [7, 11) is 0. The van der Waals surface area contributed by atoms with Crippen LogP contribution in [0.15, 0.2) is 0 Å². The molecule has 14 unspecified atom stereocenters. The van der Waals surface area contributed by atoms with Crippen LogP contribution in [0.5, 0.6) is 0 Å². The summed E-state index contributed by atoms with van der Waals surface area (Å²) in [6.07, 6.45) is 13.0. The van der Waals surface area contributed by atoms with Crippen molar-refractivity contribution in [2.75, 3.05) is 6.61 Å². The molecule has 7 rings (SSSR count). The summed E-state index contributed by atoms with van der Waals surface area (Å²) in [4.78, 5) is 52.7. The van der Waals surface area contributed by atoms with Gasteiger partial charge in [0.2, 0.25) is 6.29 Å². The first-order valence-electron chi connectivity index (χ1n) is 19.0. The highest BCUT2D eigenvalue weighted by molar-refractivity contribution is 5.88. The lowest BCUT2D eigenvalue weighted by molar-refractivity contribution is -0.191. The number of carbonyl (C=O) groups is 4. The lowest BCUT2D eigenvalue weighted by Crippen LogP contribution is -2.39. The first-order valence-corrected chi connectivity index (χ1v) is 19.0. The van der Waals surface area contributed by atoms with Gasteiger partial charge in [-0.2, -0.15) is 0 Å². The molecule has 7 nitrogen and oxygen atoms in total. The SMILES string of the molecule is CCC(C)(CC(C)(C)C(=O)CC1CC2CC1C1CC(C(=O)OC3CCCCO3)CC21)C(=O)CC1CC2CC1C1CC(C(=O)O)CC21. The first-order chi connectivity index (χ1) is 21.9. The number of ketones is 2. The van der Waals surface area contributed by atoms with E-state index in [1.54, 1.807) is 0 Å². The zero-order valence-electron chi connectivity index (χ0n) is 28.7. The van der Waals surface area contributed by atoms with Crippen LogP contribution in [0.3, 0.4) is 0 Å². The maximum Gasteiger partial charge on any atom is 0.311 e. The van der Waals surface area contributed by atoms with Crippen LogP contribution in [0.2, 0.25) is 0 Å². The highest BCUT2D eigenvalue weighted by Crippen LogP contribution is 2.64. The summed E-state index contributed by atoms with van der Waals surface area (Å²) < 4.78 is 11.4. The smallest absolute Gasteiger partial charge is 0.311 e. The molecule has 0 aromatic heterocycles. The fourth-order valence-corrected chi connectivity index (χ4v) is 12.8. The van der Waals surface area contributed by atoms with E-state index in [1.807, 2.05) is 0 Å². The summed E-state index contributed by atoms with van der Waals surface area (Å²) in [5.74, 6) is 4.82. The van der Waals surface area contributed by atoms with Crippen LogP contribution in [-0.4, -0.2) is 41.5 Å². The van der Waals surface area contributed by atoms with Gasteiger partial charge in [-0.3, -0.25) is 19.2 Å². The van der Waals surface area contributed by atoms with Crippen LogP contribution in [0.4, 0.5) is 0 Å². The normalized spacial score (nSPS) is 43.7. The van der Waals surface area contributed by atoms with Gasteiger partial charge in [0.1, 0.15) is 11.6 Å². The molecule has 0 aromatic carbocycles. The molecule has 4 bridgehead atoms. The lowest BCUT2D eigenvalue weighted by atomic mass is 9.64. The second-order valence-corrected chi connectivity index (χ2v) is 18.1. The number of carbonyl (C=O) groups excluding carboxylic acids is 3. The molecule has 1 saturated heterocycles. The van der Waals surface area contributed by atoms with Crippen molar-refractivity contribution >= 4 is 23.5 Å². The third-order valence-electron chi connectivity index (χ3n) is 15.2. The van der Waals surface area contributed by atoms with Crippen LogP contribution in [0, 0.1) is 81.8 Å². The molecular formula is C39H58O7. The fraction of sp³-hybridized carbons (Fsp3) is 0.897. The minimum absolute atomic E-state index is 0.0266. The van der Waals surface area contributed by atoms with Crippen molar-refractivity contribution < 1.29 is 33.8 Å². The van der Waals surface area contributed by atoms with E-state index >= 15 is 0 Å². The number of fused-ring (bicyclic) bond motifs is 10. The summed E-state index contributed by atoms with van der Waals surface area (Å²) in [6, 6.07) is 0. The molecule has 0 amide bonds. The largest absolute Gasteiger partial charge is 0.481 e. The van der Waals surface area contributed by atoms with Crippen LogP contribution >= 0.6 is 0 Å². The van der Waals surface area contributed by atoms with Gasteiger partial charge in [-0.15, -0.1) is 0 Å². The Kier molecular flexibility index (Phi) is 8.75. The number of carboxylic acid groups (broad SMARTS) is 1. The van der Waals surface area contributed by atoms with E-state index < -0.39 is 16.8 Å². The Morgan fingerprint density at radius 1 is 0.717 bits per heavy atom. The first kappa shape index (κ1) is 32.8. The van der Waals surface area contributed by atoms with Gasteiger partial charge in [-0.25, -0.2) is 0 Å². The Morgan fingerprint density at radius 3 is 1.85 bits per heavy atom. The predicted molar refractivity (Wildman–Crippen MR) is 172 cm³/mol. The third-order valence-corrected chi connectivity index (χ3v) is 15.2. The zero-order valence-corrected chi connectivity index (χ0v) is 28.7. The minimum Gasteiger partial charge on any atom is -0.481 e. The molecule has 0 aromatic rings. The number of esters is 1. The molecule has 46 heavy (non-hydrogen) atoms. The van der Waals surface area contributed by atoms with E-state index in [1.165, 1.54) is 12.8 Å². The van der Waals surface area contributed by atoms with Crippen molar-refractivity contribution in [1.82, 2.24) is 0 Å². The topological polar surface area (TPSA) is 107 Å². The Bertz CT molecular complexity index is 1220. The van der Waals surface area contributed by atoms with E-state index in [4.69, 9.17) is 9.47 Å². The molecule has 1 N–H and O–H groups in total. The molecular weight excluding hydrogens is 580 g/mol. The second kappa shape index (κ2) is 12.3. The van der Waals surface area contributed by atoms with Gasteiger partial charge in [-0.05, 0) is 136 Å². The molecule has 6 aliphatic carbocycles. The van der Waals surface area contributed by atoms with Crippen molar-refractivity contribution in [2.24, 2.45) is 81.8 Å². The van der Waals surface area contributed by atoms with E-state index in [0.717, 1.165) is 64.2 Å². The van der Waals surface area contributed by atoms with Gasteiger partial charge >= 0.3 is 11.9 Å². The summed E-state index contributed by atoms with van der Waals surface area (Å²) in [6.45, 7) is 8.99. The summed E-state index contributed by atoms with van der Waals surface area (Å²) >= 11 is 0. The highest BCUT2D eigenvalue weighted by atomic mass is 16.7. The van der Waals surface area contributed by atoms with E-state index in [-0.39, 0.29) is 24.1 Å². The molecule has 1 heterocycles. The standard InChI is InChI=1S/C39H58O7/c1-5-39(4,34(41)19-24-11-21-12-28(24)31-15-25(36(42)43)14-29(21)31)20-38(2,3)33(40)18-23-10-22-13-27(23)32-17-26(16-30(22)32)37(44)46-35-8-6-7-9-45-35/h21-32,35H,5-20H2,1-4H3,(H,42,43). The molecule has 6 saturated carbocycles. The predicted octanol–water partition coefficient (Wildman–Crippen LogP) is 7.49. The van der Waals surface area contributed by atoms with Crippen molar-refractivity contribution in [2.45, 2.75) is 130 Å². The molecule has 7 heteroatoms. The Morgan fingerprint density at radius 2 is 1.28 bits per heavy atom. The van der Waals surface area contributed by atoms with Gasteiger partial charge in [-0.1, -0.05) is 27.7 Å². The van der Waals surface area contributed by atoms with Crippen molar-refractivity contribution in [1.29, 1.82) is 0 Å². The van der Waals surface area contributed by atoms with Gasteiger partial charge < -0.3 is 14.6 Å². The van der Waals surface area contributed by atoms with Gasteiger partial charge in [0.15, 0.2) is 0 Å². The monoisotopic (exact) mass is 638 g/mol. The Balaban J connectivity index is 0.925. The lowest BCUT2D eigenvalue weighted by Gasteiger charge is -2.39. The summed E-state index contributed by atoms with van der Waals surface area (Å²) in [5.41, 5.74) is -1.09. The Labute approximate surface area is 275 Å². The molecule has 14 atom stereocenters. The van der Waals surface area contributed by atoms with Crippen LogP contribution < -0.4 is 0 Å². The van der Waals surface area contributed by atoms with Crippen molar-refractivity contribution in [3.8, 4) is 0 Å². The van der Waals surface area contributed by atoms with Crippen LogP contribution in [0.25, 0.3) is 0 Å². The number of carboxylic acids is 1. The highest BCUT2D eigenvalue weighted by Gasteiger charge is 2.59. The number of hydrogen-bond acceptors (Lipinski definition) is 6. The number of rotatable bonds is 12. The Hall–Kier alpha value is -1.76. The average molecular weight is 639 g/mol. The number of Topliss-reactive ketones (excluding diaryl/α,β-unsaturated/α-hetero) is 2. The molecule has 0 spiro atoms. The van der Waals surface area contributed by atoms with Crippen LogP contribution in [0.1, 0.15) is 124 Å². The maximum absolute atomic E-state index is 14.0. The maximum atomic E-state index is 14.0. The number of aliphatic carboxylic acids is 1. The van der Waals surface area contributed by atoms with Gasteiger partial charge in [0, 0.05) is 30.1 Å². The molecule has 1 aliphatic heterocycles. The summed E-state index contributed by atoms with van der Waals surface area (Å²) in [5, 5.41) is 9.60. The van der Waals surface area contributed by atoms with Crippen LogP contribution in [-0.2, 0) is 28.7 Å². The second-order valence-electron chi connectivity index (χ2n) is 18.1. The zero-order chi connectivity index (χ0) is 32.5. The minimum atomic E-state index is -0.644. The number of ether oxygens (including phenoxy) is 2. The fourth-order valence-electron chi connectivity index (χ4n) is 12.8. The van der Waals surface area contributed by atoms with Gasteiger partial charge in [0.25, 0.3) is 0 Å².